The van der Waals surface area contributed by atoms with Crippen molar-refractivity contribution in [1.29, 1.82) is 0 Å². The maximum absolute atomic E-state index is 12.5. The summed E-state index contributed by atoms with van der Waals surface area (Å²) in [7, 11) is 1.62. The first-order chi connectivity index (χ1) is 12.6. The molecule has 1 aliphatic heterocycles. The molecule has 0 saturated heterocycles. The molecule has 1 aliphatic rings. The van der Waals surface area contributed by atoms with Crippen molar-refractivity contribution in [3.05, 3.63) is 36.4 Å². The number of aromatic amines is 1. The van der Waals surface area contributed by atoms with Gasteiger partial charge in [0.15, 0.2) is 16.7 Å². The molecule has 0 fully saturated rings. The minimum Gasteiger partial charge on any atom is -0.497 e. The van der Waals surface area contributed by atoms with Crippen LogP contribution in [0.2, 0.25) is 0 Å². The maximum Gasteiger partial charge on any atom is 0.237 e. The van der Waals surface area contributed by atoms with Crippen LogP contribution in [0.15, 0.2) is 41.6 Å². The second-order valence-corrected chi connectivity index (χ2v) is 7.07. The van der Waals surface area contributed by atoms with Crippen molar-refractivity contribution in [2.24, 2.45) is 0 Å². The molecular formula is C18H17N3O4S. The SMILES string of the molecule is COc1ccc2nc(SC(C)C(=O)Nc3ccc4c(c3)OCO4)[nH]c2c1. The van der Waals surface area contributed by atoms with E-state index in [1.807, 2.05) is 25.1 Å². The Balaban J connectivity index is 1.44. The van der Waals surface area contributed by atoms with Gasteiger partial charge in [-0.25, -0.2) is 4.98 Å². The highest BCUT2D eigenvalue weighted by Gasteiger charge is 2.19. The van der Waals surface area contributed by atoms with E-state index in [-0.39, 0.29) is 18.0 Å². The lowest BCUT2D eigenvalue weighted by atomic mass is 10.2. The van der Waals surface area contributed by atoms with Gasteiger partial charge >= 0.3 is 0 Å². The fourth-order valence-corrected chi connectivity index (χ4v) is 3.41. The Bertz CT molecular complexity index is 972. The topological polar surface area (TPSA) is 85.5 Å². The highest BCUT2D eigenvalue weighted by atomic mass is 32.2. The number of nitrogens with one attached hydrogen (secondary N) is 2. The third-order valence-corrected chi connectivity index (χ3v) is 4.95. The van der Waals surface area contributed by atoms with Crippen LogP contribution in [-0.4, -0.2) is 35.0 Å². The van der Waals surface area contributed by atoms with Crippen molar-refractivity contribution in [3.8, 4) is 17.2 Å². The number of hydrogen-bond donors (Lipinski definition) is 2. The Hall–Kier alpha value is -2.87. The van der Waals surface area contributed by atoms with E-state index in [1.165, 1.54) is 11.8 Å². The van der Waals surface area contributed by atoms with Crippen molar-refractivity contribution >= 4 is 34.4 Å². The molecule has 0 radical (unpaired) electrons. The average Bonchev–Trinajstić information content (AvgIpc) is 3.26. The lowest BCUT2D eigenvalue weighted by Gasteiger charge is -2.11. The first-order valence-corrected chi connectivity index (χ1v) is 8.91. The van der Waals surface area contributed by atoms with Crippen LogP contribution in [0.25, 0.3) is 11.0 Å². The lowest BCUT2D eigenvalue weighted by molar-refractivity contribution is -0.115. The molecule has 2 heterocycles. The third kappa shape index (κ3) is 3.28. The summed E-state index contributed by atoms with van der Waals surface area (Å²) in [5.41, 5.74) is 2.37. The number of amides is 1. The van der Waals surface area contributed by atoms with Crippen LogP contribution in [0.3, 0.4) is 0 Å². The molecular weight excluding hydrogens is 354 g/mol. The fraction of sp³-hybridized carbons (Fsp3) is 0.222. The zero-order chi connectivity index (χ0) is 18.1. The van der Waals surface area contributed by atoms with Crippen molar-refractivity contribution in [3.63, 3.8) is 0 Å². The number of carbonyl (C=O) groups excluding carboxylic acids is 1. The molecule has 2 aromatic carbocycles. The molecule has 26 heavy (non-hydrogen) atoms. The van der Waals surface area contributed by atoms with Gasteiger partial charge in [-0.15, -0.1) is 0 Å². The van der Waals surface area contributed by atoms with Gasteiger partial charge in [-0.1, -0.05) is 11.8 Å². The van der Waals surface area contributed by atoms with Gasteiger partial charge in [0.05, 0.1) is 23.4 Å². The van der Waals surface area contributed by atoms with E-state index < -0.39 is 0 Å². The third-order valence-electron chi connectivity index (χ3n) is 3.97. The van der Waals surface area contributed by atoms with E-state index in [1.54, 1.807) is 25.3 Å². The first-order valence-electron chi connectivity index (χ1n) is 8.03. The van der Waals surface area contributed by atoms with Crippen molar-refractivity contribution in [1.82, 2.24) is 9.97 Å². The van der Waals surface area contributed by atoms with Crippen LogP contribution in [-0.2, 0) is 4.79 Å². The summed E-state index contributed by atoms with van der Waals surface area (Å²) < 4.78 is 15.8. The van der Waals surface area contributed by atoms with Crippen molar-refractivity contribution in [2.75, 3.05) is 19.2 Å². The number of anilines is 1. The molecule has 4 rings (SSSR count). The highest BCUT2D eigenvalue weighted by Crippen LogP contribution is 2.34. The summed E-state index contributed by atoms with van der Waals surface area (Å²) in [5.74, 6) is 1.95. The number of imidazole rings is 1. The Morgan fingerprint density at radius 2 is 2.12 bits per heavy atom. The van der Waals surface area contributed by atoms with E-state index in [4.69, 9.17) is 14.2 Å². The van der Waals surface area contributed by atoms with Gasteiger partial charge in [-0.3, -0.25) is 4.79 Å². The number of aromatic nitrogens is 2. The van der Waals surface area contributed by atoms with Crippen LogP contribution < -0.4 is 19.5 Å². The van der Waals surface area contributed by atoms with Crippen LogP contribution in [0.1, 0.15) is 6.92 Å². The molecule has 1 amide bonds. The van der Waals surface area contributed by atoms with Crippen molar-refractivity contribution < 1.29 is 19.0 Å². The number of nitrogens with zero attached hydrogens (tertiary/aromatic N) is 1. The first kappa shape index (κ1) is 16.6. The van der Waals surface area contributed by atoms with E-state index >= 15 is 0 Å². The largest absolute Gasteiger partial charge is 0.497 e. The molecule has 0 bridgehead atoms. The summed E-state index contributed by atoms with van der Waals surface area (Å²) in [4.78, 5) is 20.2. The molecule has 0 saturated carbocycles. The predicted molar refractivity (Wildman–Crippen MR) is 99.2 cm³/mol. The monoisotopic (exact) mass is 371 g/mol. The molecule has 134 valence electrons. The fourth-order valence-electron chi connectivity index (χ4n) is 2.59. The van der Waals surface area contributed by atoms with Gasteiger partial charge in [0.1, 0.15) is 5.75 Å². The lowest BCUT2D eigenvalue weighted by Crippen LogP contribution is -2.22. The van der Waals surface area contributed by atoms with Gasteiger partial charge < -0.3 is 24.5 Å². The number of thioether (sulfide) groups is 1. The van der Waals surface area contributed by atoms with Gasteiger partial charge in [0.2, 0.25) is 12.7 Å². The van der Waals surface area contributed by atoms with Crippen LogP contribution >= 0.6 is 11.8 Å². The summed E-state index contributed by atoms with van der Waals surface area (Å²) in [5, 5.41) is 3.24. The zero-order valence-corrected chi connectivity index (χ0v) is 15.1. The molecule has 7 nitrogen and oxygen atoms in total. The van der Waals surface area contributed by atoms with Gasteiger partial charge in [0.25, 0.3) is 0 Å². The van der Waals surface area contributed by atoms with Gasteiger partial charge in [0, 0.05) is 17.8 Å². The number of carbonyl (C=O) groups is 1. The Labute approximate surface area is 154 Å². The number of rotatable bonds is 5. The molecule has 0 spiro atoms. The van der Waals surface area contributed by atoms with Gasteiger partial charge in [-0.05, 0) is 31.2 Å². The maximum atomic E-state index is 12.5. The van der Waals surface area contributed by atoms with Gasteiger partial charge in [-0.2, -0.15) is 0 Å². The minimum atomic E-state index is -0.331. The molecule has 3 aromatic rings. The zero-order valence-electron chi connectivity index (χ0n) is 14.2. The Morgan fingerprint density at radius 1 is 1.27 bits per heavy atom. The Kier molecular flexibility index (Phi) is 4.34. The van der Waals surface area contributed by atoms with E-state index in [2.05, 4.69) is 15.3 Å². The van der Waals surface area contributed by atoms with E-state index in [0.717, 1.165) is 16.8 Å². The number of hydrogen-bond acceptors (Lipinski definition) is 6. The summed E-state index contributed by atoms with van der Waals surface area (Å²) >= 11 is 1.36. The van der Waals surface area contributed by atoms with E-state index in [9.17, 15) is 4.79 Å². The average molecular weight is 371 g/mol. The quantitative estimate of drug-likeness (QED) is 0.669. The standard InChI is InChI=1S/C18H17N3O4S/c1-10(17(22)19-11-3-6-15-16(7-11)25-9-24-15)26-18-20-13-5-4-12(23-2)8-14(13)21-18/h3-8,10H,9H2,1-2H3,(H,19,22)(H,20,21). The highest BCUT2D eigenvalue weighted by molar-refractivity contribution is 8.00. The molecule has 2 N–H and O–H groups in total. The summed E-state index contributed by atoms with van der Waals surface area (Å²) in [6.45, 7) is 2.04. The second-order valence-electron chi connectivity index (χ2n) is 5.74. The summed E-state index contributed by atoms with van der Waals surface area (Å²) in [6.07, 6.45) is 0. The van der Waals surface area contributed by atoms with E-state index in [0.29, 0.717) is 22.3 Å². The molecule has 1 atom stereocenters. The van der Waals surface area contributed by atoms with Crippen LogP contribution in [0, 0.1) is 0 Å². The summed E-state index contributed by atoms with van der Waals surface area (Å²) in [6, 6.07) is 10.9. The molecule has 0 aliphatic carbocycles. The normalized spacial score (nSPS) is 13.6. The number of ether oxygens (including phenoxy) is 3. The van der Waals surface area contributed by atoms with Crippen LogP contribution in [0.5, 0.6) is 17.2 Å². The Morgan fingerprint density at radius 3 is 2.96 bits per heavy atom. The molecule has 1 aromatic heterocycles. The molecule has 1 unspecified atom stereocenters. The second kappa shape index (κ2) is 6.80. The number of H-pyrrole nitrogens is 1. The van der Waals surface area contributed by atoms with Crippen LogP contribution in [0.4, 0.5) is 5.69 Å². The number of benzene rings is 2. The molecule has 8 heteroatoms. The number of fused-ring (bicyclic) bond motifs is 2. The minimum absolute atomic E-state index is 0.119. The smallest absolute Gasteiger partial charge is 0.237 e. The van der Waals surface area contributed by atoms with Crippen molar-refractivity contribution in [2.45, 2.75) is 17.3 Å². The number of methoxy groups -OCH3 is 1. The predicted octanol–water partition coefficient (Wildman–Crippen LogP) is 3.42.